The molecule has 0 spiro atoms. The lowest BCUT2D eigenvalue weighted by molar-refractivity contribution is 0.152. The summed E-state index contributed by atoms with van der Waals surface area (Å²) in [6, 6.07) is 0. The molecule has 0 heterocycles. The van der Waals surface area contributed by atoms with E-state index in [1.54, 1.807) is 0 Å². The maximum atomic E-state index is 4.40. The largest absolute Gasteiger partial charge is 0.0993 e. The third kappa shape index (κ3) is 2.95. The Labute approximate surface area is 108 Å². The van der Waals surface area contributed by atoms with Crippen molar-refractivity contribution in [3.63, 3.8) is 0 Å². The first-order chi connectivity index (χ1) is 8.12. The quantitative estimate of drug-likeness (QED) is 0.401. The molecule has 0 bridgehead atoms. The van der Waals surface area contributed by atoms with Crippen LogP contribution < -0.4 is 0 Å². The van der Waals surface area contributed by atoms with Gasteiger partial charge in [0.2, 0.25) is 0 Å². The minimum atomic E-state index is 0.394. The van der Waals surface area contributed by atoms with Crippen LogP contribution in [-0.2, 0) is 0 Å². The zero-order valence-electron chi connectivity index (χ0n) is 11.9. The lowest BCUT2D eigenvalue weighted by Crippen LogP contribution is -2.31. The third-order valence-electron chi connectivity index (χ3n) is 5.55. The first-order valence-electron chi connectivity index (χ1n) is 7.80. The number of allylic oxidation sites excluding steroid dienone is 1. The van der Waals surface area contributed by atoms with E-state index in [9.17, 15) is 0 Å². The predicted octanol–water partition coefficient (Wildman–Crippen LogP) is 5.73. The lowest BCUT2D eigenvalue weighted by atomic mass is 9.65. The van der Waals surface area contributed by atoms with Crippen LogP contribution in [-0.4, -0.2) is 0 Å². The van der Waals surface area contributed by atoms with Crippen LogP contribution in [0.25, 0.3) is 0 Å². The summed E-state index contributed by atoms with van der Waals surface area (Å²) in [5, 5.41) is 0. The highest BCUT2D eigenvalue weighted by Gasteiger charge is 2.38. The van der Waals surface area contributed by atoms with Crippen LogP contribution in [0.4, 0.5) is 0 Å². The van der Waals surface area contributed by atoms with Gasteiger partial charge in [0.05, 0.1) is 0 Å². The standard InChI is InChI=1S/C17H30/c1-14-10-8-9-13-16(17(14,2)3)15-11-6-4-5-7-12-15/h15-16H,1,4-13H2,2-3H3. The van der Waals surface area contributed by atoms with Gasteiger partial charge in [-0.15, -0.1) is 0 Å². The summed E-state index contributed by atoms with van der Waals surface area (Å²) in [4.78, 5) is 0. The van der Waals surface area contributed by atoms with Crippen molar-refractivity contribution >= 4 is 0 Å². The second kappa shape index (κ2) is 5.59. The normalized spacial score (nSPS) is 31.9. The van der Waals surface area contributed by atoms with Crippen molar-refractivity contribution in [2.24, 2.45) is 17.3 Å². The summed E-state index contributed by atoms with van der Waals surface area (Å²) in [5.41, 5.74) is 1.93. The van der Waals surface area contributed by atoms with Crippen molar-refractivity contribution in [3.8, 4) is 0 Å². The van der Waals surface area contributed by atoms with Crippen LogP contribution in [0.2, 0.25) is 0 Å². The van der Waals surface area contributed by atoms with Crippen molar-refractivity contribution in [2.75, 3.05) is 0 Å². The Bertz CT molecular complexity index is 253. The van der Waals surface area contributed by atoms with Crippen molar-refractivity contribution in [3.05, 3.63) is 12.2 Å². The van der Waals surface area contributed by atoms with Gasteiger partial charge in [-0.25, -0.2) is 0 Å². The van der Waals surface area contributed by atoms with Crippen LogP contribution >= 0.6 is 0 Å². The van der Waals surface area contributed by atoms with Crippen LogP contribution in [0.1, 0.15) is 78.1 Å². The number of hydrogen-bond donors (Lipinski definition) is 0. The van der Waals surface area contributed by atoms with Crippen molar-refractivity contribution in [1.82, 2.24) is 0 Å². The van der Waals surface area contributed by atoms with Gasteiger partial charge in [0.15, 0.2) is 0 Å². The second-order valence-electron chi connectivity index (χ2n) is 6.93. The molecule has 0 N–H and O–H groups in total. The summed E-state index contributed by atoms with van der Waals surface area (Å²) in [6.45, 7) is 9.33. The molecule has 0 aromatic heterocycles. The Kier molecular flexibility index (Phi) is 4.33. The highest BCUT2D eigenvalue weighted by molar-refractivity contribution is 5.11. The van der Waals surface area contributed by atoms with E-state index in [4.69, 9.17) is 0 Å². The molecule has 2 saturated carbocycles. The summed E-state index contributed by atoms with van der Waals surface area (Å²) in [6.07, 6.45) is 14.4. The molecular formula is C17H30. The molecule has 2 aliphatic carbocycles. The molecule has 0 nitrogen and oxygen atoms in total. The highest BCUT2D eigenvalue weighted by atomic mass is 14.4. The average Bonchev–Trinajstić information content (AvgIpc) is 2.61. The summed E-state index contributed by atoms with van der Waals surface area (Å²) >= 11 is 0. The Morgan fingerprint density at radius 1 is 0.882 bits per heavy atom. The van der Waals surface area contributed by atoms with E-state index in [0.717, 1.165) is 11.8 Å². The SMILES string of the molecule is C=C1CCCCC(C2CCCCCC2)C1(C)C. The van der Waals surface area contributed by atoms with Crippen molar-refractivity contribution in [1.29, 1.82) is 0 Å². The lowest BCUT2D eigenvalue weighted by Gasteiger charge is -2.40. The van der Waals surface area contributed by atoms with Crippen LogP contribution in [0.3, 0.4) is 0 Å². The molecule has 98 valence electrons. The Morgan fingerprint density at radius 2 is 1.47 bits per heavy atom. The molecule has 0 amide bonds. The molecule has 1 unspecified atom stereocenters. The molecule has 0 aromatic carbocycles. The fourth-order valence-electron chi connectivity index (χ4n) is 4.19. The van der Waals surface area contributed by atoms with Gasteiger partial charge in [-0.05, 0) is 36.5 Å². The Morgan fingerprint density at radius 3 is 2.12 bits per heavy atom. The molecule has 0 aliphatic heterocycles. The minimum Gasteiger partial charge on any atom is -0.0993 e. The van der Waals surface area contributed by atoms with Crippen LogP contribution in [0.15, 0.2) is 12.2 Å². The molecule has 0 heteroatoms. The molecule has 0 radical (unpaired) electrons. The third-order valence-corrected chi connectivity index (χ3v) is 5.55. The Balaban J connectivity index is 2.12. The molecule has 2 fully saturated rings. The van der Waals surface area contributed by atoms with E-state index in [-0.39, 0.29) is 0 Å². The van der Waals surface area contributed by atoms with E-state index >= 15 is 0 Å². The predicted molar refractivity (Wildman–Crippen MR) is 76.1 cm³/mol. The molecule has 0 aromatic rings. The number of rotatable bonds is 1. The topological polar surface area (TPSA) is 0 Å². The molecular weight excluding hydrogens is 204 g/mol. The molecule has 1 atom stereocenters. The van der Waals surface area contributed by atoms with Gasteiger partial charge in [-0.3, -0.25) is 0 Å². The van der Waals surface area contributed by atoms with E-state index in [2.05, 4.69) is 20.4 Å². The zero-order valence-corrected chi connectivity index (χ0v) is 11.9. The van der Waals surface area contributed by atoms with Crippen LogP contribution in [0, 0.1) is 17.3 Å². The van der Waals surface area contributed by atoms with Gasteiger partial charge in [0.25, 0.3) is 0 Å². The van der Waals surface area contributed by atoms with Crippen molar-refractivity contribution < 1.29 is 0 Å². The summed E-state index contributed by atoms with van der Waals surface area (Å²) in [7, 11) is 0. The summed E-state index contributed by atoms with van der Waals surface area (Å²) < 4.78 is 0. The van der Waals surface area contributed by atoms with Crippen molar-refractivity contribution in [2.45, 2.75) is 78.1 Å². The van der Waals surface area contributed by atoms with E-state index in [0.29, 0.717) is 5.41 Å². The fourth-order valence-corrected chi connectivity index (χ4v) is 4.19. The van der Waals surface area contributed by atoms with Gasteiger partial charge >= 0.3 is 0 Å². The summed E-state index contributed by atoms with van der Waals surface area (Å²) in [5.74, 6) is 1.90. The first-order valence-corrected chi connectivity index (χ1v) is 7.80. The monoisotopic (exact) mass is 234 g/mol. The maximum Gasteiger partial charge on any atom is -0.0116 e. The second-order valence-corrected chi connectivity index (χ2v) is 6.93. The van der Waals surface area contributed by atoms with Gasteiger partial charge in [0.1, 0.15) is 0 Å². The fraction of sp³-hybridized carbons (Fsp3) is 0.882. The molecule has 2 rings (SSSR count). The number of hydrogen-bond acceptors (Lipinski definition) is 0. The van der Waals surface area contributed by atoms with Gasteiger partial charge in [-0.2, -0.15) is 0 Å². The molecule has 0 saturated heterocycles. The van der Waals surface area contributed by atoms with E-state index < -0.39 is 0 Å². The van der Waals surface area contributed by atoms with Gasteiger partial charge in [0, 0.05) is 0 Å². The first kappa shape index (κ1) is 13.2. The maximum absolute atomic E-state index is 4.40. The van der Waals surface area contributed by atoms with E-state index in [1.165, 1.54) is 69.8 Å². The minimum absolute atomic E-state index is 0.394. The van der Waals surface area contributed by atoms with Gasteiger partial charge < -0.3 is 0 Å². The van der Waals surface area contributed by atoms with Gasteiger partial charge in [-0.1, -0.05) is 70.9 Å². The molecule has 2 aliphatic rings. The van der Waals surface area contributed by atoms with E-state index in [1.807, 2.05) is 0 Å². The van der Waals surface area contributed by atoms with Crippen LogP contribution in [0.5, 0.6) is 0 Å². The Hall–Kier alpha value is -0.260. The molecule has 17 heavy (non-hydrogen) atoms. The smallest absolute Gasteiger partial charge is 0.0116 e. The zero-order chi connectivity index (χ0) is 12.3. The highest BCUT2D eigenvalue weighted by Crippen LogP contribution is 2.48. The average molecular weight is 234 g/mol.